The van der Waals surface area contributed by atoms with Crippen LogP contribution in [0.1, 0.15) is 24.8 Å². The Morgan fingerprint density at radius 3 is 2.48 bits per heavy atom. The van der Waals surface area contributed by atoms with Gasteiger partial charge in [0.1, 0.15) is 5.82 Å². The van der Waals surface area contributed by atoms with E-state index in [1.807, 2.05) is 0 Å². The van der Waals surface area contributed by atoms with Crippen molar-refractivity contribution in [3.05, 3.63) is 35.6 Å². The number of benzene rings is 1. The third kappa shape index (κ3) is 4.85. The molecule has 0 radical (unpaired) electrons. The van der Waals surface area contributed by atoms with Gasteiger partial charge in [-0.15, -0.1) is 0 Å². The largest absolute Gasteiger partial charge is 0.469 e. The molecule has 0 unspecified atom stereocenters. The average molecular weight is 293 g/mol. The van der Waals surface area contributed by atoms with E-state index in [0.29, 0.717) is 19.5 Å². The fourth-order valence-electron chi connectivity index (χ4n) is 2.16. The summed E-state index contributed by atoms with van der Waals surface area (Å²) >= 11 is 0. The lowest BCUT2D eigenvalue weighted by atomic mass is 10.1. The number of esters is 1. The summed E-state index contributed by atoms with van der Waals surface area (Å²) in [4.78, 5) is 25.1. The standard InChI is InChI=1S/C16H20FNO3/c1-21-15(19)9-11-18(16(20)13-4-5-13)10-8-12-2-6-14(17)7-3-12/h2-3,6-7,13H,4-5,8-11H2,1H3. The van der Waals surface area contributed by atoms with Crippen LogP contribution >= 0.6 is 0 Å². The number of ether oxygens (including phenoxy) is 1. The molecule has 1 aromatic carbocycles. The molecule has 21 heavy (non-hydrogen) atoms. The minimum absolute atomic E-state index is 0.112. The highest BCUT2D eigenvalue weighted by atomic mass is 19.1. The number of carbonyl (C=O) groups is 2. The Morgan fingerprint density at radius 1 is 1.24 bits per heavy atom. The maximum atomic E-state index is 12.9. The molecule has 0 atom stereocenters. The number of halogens is 1. The Kier molecular flexibility index (Phi) is 5.31. The van der Waals surface area contributed by atoms with Crippen LogP contribution in [0.2, 0.25) is 0 Å². The normalized spacial score (nSPS) is 13.8. The first-order valence-corrected chi connectivity index (χ1v) is 7.20. The van der Waals surface area contributed by atoms with Crippen molar-refractivity contribution in [2.45, 2.75) is 25.7 Å². The summed E-state index contributed by atoms with van der Waals surface area (Å²) in [5.74, 6) is -0.349. The maximum Gasteiger partial charge on any atom is 0.307 e. The second kappa shape index (κ2) is 7.20. The second-order valence-corrected chi connectivity index (χ2v) is 5.30. The van der Waals surface area contributed by atoms with Crippen molar-refractivity contribution in [2.75, 3.05) is 20.2 Å². The van der Waals surface area contributed by atoms with E-state index in [2.05, 4.69) is 4.74 Å². The number of rotatable bonds is 7. The third-order valence-electron chi connectivity index (χ3n) is 3.64. The van der Waals surface area contributed by atoms with Crippen LogP contribution in [0.15, 0.2) is 24.3 Å². The van der Waals surface area contributed by atoms with Crippen LogP contribution in [0.5, 0.6) is 0 Å². The number of hydrogen-bond donors (Lipinski definition) is 0. The van der Waals surface area contributed by atoms with Gasteiger partial charge in [0.2, 0.25) is 5.91 Å². The van der Waals surface area contributed by atoms with Gasteiger partial charge in [0.05, 0.1) is 13.5 Å². The van der Waals surface area contributed by atoms with Gasteiger partial charge in [-0.25, -0.2) is 4.39 Å². The number of hydrogen-bond acceptors (Lipinski definition) is 3. The third-order valence-corrected chi connectivity index (χ3v) is 3.64. The number of nitrogens with zero attached hydrogens (tertiary/aromatic N) is 1. The SMILES string of the molecule is COC(=O)CCN(CCc1ccc(F)cc1)C(=O)C1CC1. The lowest BCUT2D eigenvalue weighted by Gasteiger charge is -2.22. The molecule has 1 aliphatic rings. The fourth-order valence-corrected chi connectivity index (χ4v) is 2.16. The van der Waals surface area contributed by atoms with Gasteiger partial charge < -0.3 is 9.64 Å². The molecule has 0 spiro atoms. The maximum absolute atomic E-state index is 12.9. The summed E-state index contributed by atoms with van der Waals surface area (Å²) in [6.45, 7) is 0.918. The molecule has 1 aliphatic carbocycles. The molecule has 0 heterocycles. The molecule has 0 N–H and O–H groups in total. The molecule has 114 valence electrons. The molecule has 0 saturated heterocycles. The summed E-state index contributed by atoms with van der Waals surface area (Å²) in [6, 6.07) is 6.26. The first kappa shape index (κ1) is 15.5. The first-order chi connectivity index (χ1) is 10.1. The lowest BCUT2D eigenvalue weighted by Crippen LogP contribution is -2.36. The summed E-state index contributed by atoms with van der Waals surface area (Å²) in [5, 5.41) is 0. The summed E-state index contributed by atoms with van der Waals surface area (Å²) in [5.41, 5.74) is 0.975. The quantitative estimate of drug-likeness (QED) is 0.724. The van der Waals surface area contributed by atoms with E-state index >= 15 is 0 Å². The van der Waals surface area contributed by atoms with E-state index < -0.39 is 0 Å². The van der Waals surface area contributed by atoms with E-state index in [1.165, 1.54) is 19.2 Å². The highest BCUT2D eigenvalue weighted by molar-refractivity contribution is 5.81. The van der Waals surface area contributed by atoms with Crippen molar-refractivity contribution in [1.29, 1.82) is 0 Å². The Hall–Kier alpha value is -1.91. The Bertz CT molecular complexity index is 497. The highest BCUT2D eigenvalue weighted by Gasteiger charge is 2.33. The summed E-state index contributed by atoms with van der Waals surface area (Å²) < 4.78 is 17.5. The molecule has 0 aromatic heterocycles. The minimum Gasteiger partial charge on any atom is -0.469 e. The van der Waals surface area contributed by atoms with Gasteiger partial charge in [-0.05, 0) is 37.0 Å². The van der Waals surface area contributed by atoms with Crippen LogP contribution in [0.3, 0.4) is 0 Å². The van der Waals surface area contributed by atoms with Crippen molar-refractivity contribution >= 4 is 11.9 Å². The number of methoxy groups -OCH3 is 1. The average Bonchev–Trinajstić information content (AvgIpc) is 3.32. The topological polar surface area (TPSA) is 46.6 Å². The van der Waals surface area contributed by atoms with Crippen LogP contribution in [0.4, 0.5) is 4.39 Å². The van der Waals surface area contributed by atoms with Crippen LogP contribution in [-0.2, 0) is 20.7 Å². The monoisotopic (exact) mass is 293 g/mol. The molecule has 0 bridgehead atoms. The predicted molar refractivity (Wildman–Crippen MR) is 76.0 cm³/mol. The summed E-state index contributed by atoms with van der Waals surface area (Å²) in [6.07, 6.45) is 2.73. The summed E-state index contributed by atoms with van der Waals surface area (Å²) in [7, 11) is 1.34. The van der Waals surface area contributed by atoms with Gasteiger partial charge in [-0.2, -0.15) is 0 Å². The van der Waals surface area contributed by atoms with Crippen LogP contribution in [-0.4, -0.2) is 37.0 Å². The molecular weight excluding hydrogens is 273 g/mol. The van der Waals surface area contributed by atoms with E-state index in [9.17, 15) is 14.0 Å². The smallest absolute Gasteiger partial charge is 0.307 e. The van der Waals surface area contributed by atoms with Crippen molar-refractivity contribution in [3.63, 3.8) is 0 Å². The molecule has 5 heteroatoms. The zero-order valence-corrected chi connectivity index (χ0v) is 12.2. The van der Waals surface area contributed by atoms with Gasteiger partial charge in [0, 0.05) is 19.0 Å². The minimum atomic E-state index is -0.314. The van der Waals surface area contributed by atoms with Crippen molar-refractivity contribution in [2.24, 2.45) is 5.92 Å². The van der Waals surface area contributed by atoms with Crippen LogP contribution < -0.4 is 0 Å². The van der Waals surface area contributed by atoms with E-state index in [4.69, 9.17) is 0 Å². The Balaban J connectivity index is 1.89. The second-order valence-electron chi connectivity index (χ2n) is 5.30. The van der Waals surface area contributed by atoms with Gasteiger partial charge >= 0.3 is 5.97 Å². The lowest BCUT2D eigenvalue weighted by molar-refractivity contribution is -0.142. The molecule has 0 aliphatic heterocycles. The number of carbonyl (C=O) groups excluding carboxylic acids is 2. The molecular formula is C16H20FNO3. The Labute approximate surface area is 123 Å². The van der Waals surface area contributed by atoms with Crippen LogP contribution in [0.25, 0.3) is 0 Å². The highest BCUT2D eigenvalue weighted by Crippen LogP contribution is 2.31. The Morgan fingerprint density at radius 2 is 1.90 bits per heavy atom. The van der Waals surface area contributed by atoms with Gasteiger partial charge in [0.25, 0.3) is 0 Å². The van der Waals surface area contributed by atoms with Crippen molar-refractivity contribution in [1.82, 2.24) is 4.90 Å². The molecule has 1 saturated carbocycles. The van der Waals surface area contributed by atoms with Crippen molar-refractivity contribution < 1.29 is 18.7 Å². The molecule has 2 rings (SSSR count). The molecule has 1 amide bonds. The molecule has 1 aromatic rings. The van der Waals surface area contributed by atoms with Gasteiger partial charge in [-0.3, -0.25) is 9.59 Å². The van der Waals surface area contributed by atoms with E-state index in [-0.39, 0.29) is 30.0 Å². The van der Waals surface area contributed by atoms with E-state index in [0.717, 1.165) is 18.4 Å². The van der Waals surface area contributed by atoms with Crippen LogP contribution in [0, 0.1) is 11.7 Å². The zero-order chi connectivity index (χ0) is 15.2. The van der Waals surface area contributed by atoms with Gasteiger partial charge in [0.15, 0.2) is 0 Å². The number of amides is 1. The van der Waals surface area contributed by atoms with Crippen molar-refractivity contribution in [3.8, 4) is 0 Å². The predicted octanol–water partition coefficient (Wildman–Crippen LogP) is 2.17. The van der Waals surface area contributed by atoms with E-state index in [1.54, 1.807) is 17.0 Å². The first-order valence-electron chi connectivity index (χ1n) is 7.20. The fraction of sp³-hybridized carbons (Fsp3) is 0.500. The zero-order valence-electron chi connectivity index (χ0n) is 12.2. The molecule has 4 nitrogen and oxygen atoms in total. The van der Waals surface area contributed by atoms with Gasteiger partial charge in [-0.1, -0.05) is 12.1 Å². The molecule has 1 fully saturated rings.